The van der Waals surface area contributed by atoms with Crippen molar-refractivity contribution in [2.24, 2.45) is 0 Å². The monoisotopic (exact) mass is 289 g/mol. The van der Waals surface area contributed by atoms with Crippen LogP contribution in [0, 0.1) is 0 Å². The lowest BCUT2D eigenvalue weighted by Gasteiger charge is -2.31. The Morgan fingerprint density at radius 3 is 2.44 bits per heavy atom. The van der Waals surface area contributed by atoms with E-state index in [0.717, 1.165) is 6.26 Å². The summed E-state index contributed by atoms with van der Waals surface area (Å²) in [5.41, 5.74) is -2.04. The first-order valence-corrected chi connectivity index (χ1v) is 7.18. The number of rotatable bonds is 4. The van der Waals surface area contributed by atoms with Crippen molar-refractivity contribution >= 4 is 15.8 Å². The highest BCUT2D eigenvalue weighted by Gasteiger charge is 2.54. The molecule has 0 heterocycles. The summed E-state index contributed by atoms with van der Waals surface area (Å²) in [5.74, 6) is -1.56. The predicted octanol–water partition coefficient (Wildman–Crippen LogP) is 0.559. The summed E-state index contributed by atoms with van der Waals surface area (Å²) in [7, 11) is -3.73. The molecule has 18 heavy (non-hydrogen) atoms. The lowest BCUT2D eigenvalue weighted by Crippen LogP contribution is -2.61. The zero-order valence-electron chi connectivity index (χ0n) is 9.62. The van der Waals surface area contributed by atoms with Crippen LogP contribution in [0.3, 0.4) is 0 Å². The Hall–Kier alpha value is -0.830. The molecule has 1 aliphatic carbocycles. The van der Waals surface area contributed by atoms with Gasteiger partial charge in [-0.2, -0.15) is 13.2 Å². The number of halogens is 3. The molecule has 0 bridgehead atoms. The highest BCUT2D eigenvalue weighted by atomic mass is 32.2. The molecule has 2 N–H and O–H groups in total. The molecule has 0 spiro atoms. The van der Waals surface area contributed by atoms with Crippen LogP contribution in [0.1, 0.15) is 19.3 Å². The maximum Gasteiger partial charge on any atom is 0.401 e. The molecule has 1 fully saturated rings. The first kappa shape index (κ1) is 15.2. The Kier molecular flexibility index (Phi) is 3.97. The van der Waals surface area contributed by atoms with Crippen molar-refractivity contribution in [1.82, 2.24) is 5.32 Å². The highest BCUT2D eigenvalue weighted by Crippen LogP contribution is 2.35. The minimum absolute atomic E-state index is 0.0516. The van der Waals surface area contributed by atoms with Gasteiger partial charge in [0.1, 0.15) is 5.54 Å². The summed E-state index contributed by atoms with van der Waals surface area (Å²) in [6.45, 7) is -1.52. The molecule has 0 aromatic rings. The summed E-state index contributed by atoms with van der Waals surface area (Å²) < 4.78 is 59.5. The Balaban J connectivity index is 3.04. The van der Waals surface area contributed by atoms with Crippen molar-refractivity contribution in [2.75, 3.05) is 12.8 Å². The van der Waals surface area contributed by atoms with E-state index in [4.69, 9.17) is 5.11 Å². The third-order valence-electron chi connectivity index (χ3n) is 3.09. The van der Waals surface area contributed by atoms with Crippen LogP contribution in [-0.4, -0.2) is 49.3 Å². The zero-order valence-corrected chi connectivity index (χ0v) is 10.4. The molecule has 1 aliphatic rings. The number of sulfone groups is 1. The SMILES string of the molecule is CS(=O)(=O)C1CCCC1(NCC(F)(F)F)C(=O)O. The van der Waals surface area contributed by atoms with Crippen molar-refractivity contribution < 1.29 is 31.5 Å². The molecule has 0 aromatic carbocycles. The molecule has 9 heteroatoms. The van der Waals surface area contributed by atoms with Crippen LogP contribution in [0.2, 0.25) is 0 Å². The minimum atomic E-state index is -4.59. The van der Waals surface area contributed by atoms with Crippen molar-refractivity contribution in [1.29, 1.82) is 0 Å². The van der Waals surface area contributed by atoms with Crippen molar-refractivity contribution in [3.05, 3.63) is 0 Å². The fourth-order valence-electron chi connectivity index (χ4n) is 2.33. The fraction of sp³-hybridized carbons (Fsp3) is 0.889. The average Bonchev–Trinajstić information content (AvgIpc) is 2.57. The number of aliphatic carboxylic acids is 1. The maximum absolute atomic E-state index is 12.2. The van der Waals surface area contributed by atoms with Crippen LogP contribution in [0.4, 0.5) is 13.2 Å². The van der Waals surface area contributed by atoms with Gasteiger partial charge in [-0.3, -0.25) is 10.1 Å². The van der Waals surface area contributed by atoms with E-state index in [-0.39, 0.29) is 19.3 Å². The molecule has 0 radical (unpaired) electrons. The molecule has 1 rings (SSSR count). The van der Waals surface area contributed by atoms with Gasteiger partial charge in [-0.1, -0.05) is 0 Å². The zero-order chi connectivity index (χ0) is 14.2. The Morgan fingerprint density at radius 1 is 1.50 bits per heavy atom. The molecule has 0 saturated heterocycles. The van der Waals surface area contributed by atoms with Gasteiger partial charge in [0.2, 0.25) is 0 Å². The summed E-state index contributed by atoms with van der Waals surface area (Å²) >= 11 is 0. The van der Waals surface area contributed by atoms with Crippen molar-refractivity contribution in [3.63, 3.8) is 0 Å². The number of carboxylic acid groups (broad SMARTS) is 1. The van der Waals surface area contributed by atoms with Gasteiger partial charge in [-0.25, -0.2) is 8.42 Å². The second-order valence-corrected chi connectivity index (χ2v) is 6.68. The fourth-order valence-corrected chi connectivity index (χ4v) is 3.96. The molecule has 106 valence electrons. The number of carboxylic acids is 1. The molecule has 5 nitrogen and oxygen atoms in total. The molecular weight excluding hydrogens is 275 g/mol. The molecule has 0 aromatic heterocycles. The van der Waals surface area contributed by atoms with E-state index in [1.54, 1.807) is 0 Å². The smallest absolute Gasteiger partial charge is 0.401 e. The third kappa shape index (κ3) is 3.14. The minimum Gasteiger partial charge on any atom is -0.480 e. The second-order valence-electron chi connectivity index (χ2n) is 4.46. The van der Waals surface area contributed by atoms with Crippen LogP contribution in [0.25, 0.3) is 0 Å². The predicted molar refractivity (Wildman–Crippen MR) is 56.9 cm³/mol. The van der Waals surface area contributed by atoms with E-state index in [2.05, 4.69) is 0 Å². The van der Waals surface area contributed by atoms with Gasteiger partial charge >= 0.3 is 12.1 Å². The Labute approximate surface area is 102 Å². The van der Waals surface area contributed by atoms with E-state index in [9.17, 15) is 26.4 Å². The van der Waals surface area contributed by atoms with Crippen LogP contribution in [0.5, 0.6) is 0 Å². The summed E-state index contributed by atoms with van der Waals surface area (Å²) in [5, 5.41) is 9.66. The third-order valence-corrected chi connectivity index (χ3v) is 4.76. The Bertz CT molecular complexity index is 434. The van der Waals surface area contributed by atoms with Gasteiger partial charge in [-0.05, 0) is 19.3 Å². The molecular formula is C9H14F3NO4S. The van der Waals surface area contributed by atoms with Gasteiger partial charge in [0.05, 0.1) is 11.8 Å². The first-order chi connectivity index (χ1) is 7.99. The molecule has 1 saturated carbocycles. The van der Waals surface area contributed by atoms with Crippen molar-refractivity contribution in [3.8, 4) is 0 Å². The van der Waals surface area contributed by atoms with Crippen LogP contribution in [-0.2, 0) is 14.6 Å². The second kappa shape index (κ2) is 4.69. The van der Waals surface area contributed by atoms with Gasteiger partial charge < -0.3 is 5.11 Å². The molecule has 0 amide bonds. The van der Waals surface area contributed by atoms with Crippen LogP contribution >= 0.6 is 0 Å². The number of hydrogen-bond donors (Lipinski definition) is 2. The van der Waals surface area contributed by atoms with Gasteiger partial charge in [0.15, 0.2) is 9.84 Å². The summed E-state index contributed by atoms with van der Waals surface area (Å²) in [6, 6.07) is 0. The molecule has 0 aliphatic heterocycles. The van der Waals surface area contributed by atoms with Gasteiger partial charge in [0, 0.05) is 6.26 Å². The highest BCUT2D eigenvalue weighted by molar-refractivity contribution is 7.91. The van der Waals surface area contributed by atoms with Gasteiger partial charge in [0.25, 0.3) is 0 Å². The average molecular weight is 289 g/mol. The molecule has 2 unspecified atom stereocenters. The first-order valence-electron chi connectivity index (χ1n) is 5.23. The maximum atomic E-state index is 12.2. The largest absolute Gasteiger partial charge is 0.480 e. The van der Waals surface area contributed by atoms with E-state index < -0.39 is 39.3 Å². The van der Waals surface area contributed by atoms with Crippen LogP contribution < -0.4 is 5.32 Å². The Morgan fingerprint density at radius 2 is 2.06 bits per heavy atom. The summed E-state index contributed by atoms with van der Waals surface area (Å²) in [6.07, 6.45) is -3.57. The quantitative estimate of drug-likeness (QED) is 0.790. The topological polar surface area (TPSA) is 83.5 Å². The van der Waals surface area contributed by atoms with Crippen molar-refractivity contribution in [2.45, 2.75) is 36.2 Å². The number of carbonyl (C=O) groups is 1. The lowest BCUT2D eigenvalue weighted by atomic mass is 9.97. The number of nitrogens with one attached hydrogen (secondary N) is 1. The van der Waals surface area contributed by atoms with Crippen LogP contribution in [0.15, 0.2) is 0 Å². The standard InChI is InChI=1S/C9H14F3NO4S/c1-18(16,17)6-3-2-4-8(6,7(14)15)13-5-9(10,11)12/h6,13H,2-5H2,1H3,(H,14,15). The number of hydrogen-bond acceptors (Lipinski definition) is 4. The van der Waals surface area contributed by atoms with E-state index >= 15 is 0 Å². The molecule has 2 atom stereocenters. The lowest BCUT2D eigenvalue weighted by molar-refractivity contribution is -0.149. The van der Waals surface area contributed by atoms with Gasteiger partial charge in [-0.15, -0.1) is 0 Å². The normalized spacial score (nSPS) is 29.4. The van der Waals surface area contributed by atoms with E-state index in [1.807, 2.05) is 5.32 Å². The summed E-state index contributed by atoms with van der Waals surface area (Å²) in [4.78, 5) is 11.2. The van der Waals surface area contributed by atoms with E-state index in [0.29, 0.717) is 0 Å². The van der Waals surface area contributed by atoms with E-state index in [1.165, 1.54) is 0 Å². The number of alkyl halides is 3.